The molecule has 7 heteroatoms. The summed E-state index contributed by atoms with van der Waals surface area (Å²) in [7, 11) is 0. The monoisotopic (exact) mass is 378 g/mol. The minimum atomic E-state index is 0.251. The standard InChI is InChI=1S/C21H26N6O/c1-4-28-17-12-14(10-11-22-17)18-15-8-6-5-7-9-16(15)23-20(13(2)3)19(18)21-24-26-27-25-21/h10-13H,4-9H2,1-3H3,(H,24,25,26,27). The Bertz CT molecular complexity index is 952. The van der Waals surface area contributed by atoms with E-state index in [1.165, 1.54) is 30.5 Å². The summed E-state index contributed by atoms with van der Waals surface area (Å²) in [5, 5.41) is 14.9. The van der Waals surface area contributed by atoms with Crippen molar-refractivity contribution in [3.63, 3.8) is 0 Å². The normalized spacial score (nSPS) is 14.0. The van der Waals surface area contributed by atoms with Crippen molar-refractivity contribution in [3.05, 3.63) is 35.3 Å². The average molecular weight is 378 g/mol. The zero-order chi connectivity index (χ0) is 19.5. The number of tetrazole rings is 1. The maximum Gasteiger partial charge on any atom is 0.213 e. The first-order chi connectivity index (χ1) is 13.7. The number of fused-ring (bicyclic) bond motifs is 1. The van der Waals surface area contributed by atoms with Gasteiger partial charge in [0.15, 0.2) is 5.82 Å². The highest BCUT2D eigenvalue weighted by Gasteiger charge is 2.26. The molecule has 4 rings (SSSR count). The third-order valence-electron chi connectivity index (χ3n) is 5.20. The molecule has 0 saturated heterocycles. The summed E-state index contributed by atoms with van der Waals surface area (Å²) in [6.07, 6.45) is 7.41. The summed E-state index contributed by atoms with van der Waals surface area (Å²) in [6, 6.07) is 4.06. The zero-order valence-corrected chi connectivity index (χ0v) is 16.7. The summed E-state index contributed by atoms with van der Waals surface area (Å²) >= 11 is 0. The number of hydrogen-bond acceptors (Lipinski definition) is 6. The first-order valence-electron chi connectivity index (χ1n) is 10.1. The Morgan fingerprint density at radius 3 is 2.75 bits per heavy atom. The summed E-state index contributed by atoms with van der Waals surface area (Å²) < 4.78 is 5.67. The van der Waals surface area contributed by atoms with Gasteiger partial charge in [0.25, 0.3) is 0 Å². The van der Waals surface area contributed by atoms with Crippen LogP contribution in [0.3, 0.4) is 0 Å². The number of rotatable bonds is 5. The zero-order valence-electron chi connectivity index (χ0n) is 16.7. The molecule has 1 aliphatic carbocycles. The fourth-order valence-electron chi connectivity index (χ4n) is 3.97. The number of nitrogens with zero attached hydrogens (tertiary/aromatic N) is 5. The van der Waals surface area contributed by atoms with Crippen molar-refractivity contribution in [1.29, 1.82) is 0 Å². The number of aromatic nitrogens is 6. The van der Waals surface area contributed by atoms with Crippen LogP contribution < -0.4 is 4.74 Å². The highest BCUT2D eigenvalue weighted by molar-refractivity contribution is 5.85. The smallest absolute Gasteiger partial charge is 0.213 e. The Hall–Kier alpha value is -2.83. The number of H-pyrrole nitrogens is 1. The number of ether oxygens (including phenoxy) is 1. The number of hydrogen-bond donors (Lipinski definition) is 1. The van der Waals surface area contributed by atoms with Crippen LogP contribution in [-0.4, -0.2) is 37.2 Å². The van der Waals surface area contributed by atoms with Crippen LogP contribution in [0.15, 0.2) is 18.3 Å². The van der Waals surface area contributed by atoms with Crippen LogP contribution in [-0.2, 0) is 12.8 Å². The molecule has 1 aliphatic rings. The van der Waals surface area contributed by atoms with E-state index in [0.29, 0.717) is 18.3 Å². The lowest BCUT2D eigenvalue weighted by molar-refractivity contribution is 0.327. The van der Waals surface area contributed by atoms with E-state index in [1.54, 1.807) is 6.20 Å². The van der Waals surface area contributed by atoms with Gasteiger partial charge in [0.05, 0.1) is 17.9 Å². The number of aryl methyl sites for hydroxylation is 1. The summed E-state index contributed by atoms with van der Waals surface area (Å²) in [4.78, 5) is 9.46. The van der Waals surface area contributed by atoms with Gasteiger partial charge >= 0.3 is 0 Å². The Morgan fingerprint density at radius 2 is 2.00 bits per heavy atom. The second-order valence-corrected chi connectivity index (χ2v) is 7.45. The Labute approximate surface area is 165 Å². The van der Waals surface area contributed by atoms with E-state index in [0.717, 1.165) is 35.2 Å². The molecule has 3 aromatic heterocycles. The van der Waals surface area contributed by atoms with Crippen molar-refractivity contribution >= 4 is 0 Å². The second kappa shape index (κ2) is 8.04. The molecule has 28 heavy (non-hydrogen) atoms. The van der Waals surface area contributed by atoms with Crippen LogP contribution in [0.5, 0.6) is 5.88 Å². The first kappa shape index (κ1) is 18.5. The lowest BCUT2D eigenvalue weighted by Gasteiger charge is -2.21. The molecule has 0 fully saturated rings. The van der Waals surface area contributed by atoms with Crippen molar-refractivity contribution in [2.45, 2.75) is 58.8 Å². The van der Waals surface area contributed by atoms with E-state index in [2.05, 4.69) is 39.5 Å². The van der Waals surface area contributed by atoms with E-state index in [4.69, 9.17) is 9.72 Å². The Morgan fingerprint density at radius 1 is 1.14 bits per heavy atom. The molecule has 0 atom stereocenters. The average Bonchev–Trinajstić information content (AvgIpc) is 3.12. The van der Waals surface area contributed by atoms with Gasteiger partial charge in [-0.25, -0.2) is 10.1 Å². The van der Waals surface area contributed by atoms with Crippen LogP contribution in [0.25, 0.3) is 22.5 Å². The molecule has 0 unspecified atom stereocenters. The van der Waals surface area contributed by atoms with Crippen LogP contribution in [0.4, 0.5) is 0 Å². The van der Waals surface area contributed by atoms with E-state index in [1.807, 2.05) is 19.1 Å². The predicted molar refractivity (Wildman–Crippen MR) is 107 cm³/mol. The van der Waals surface area contributed by atoms with E-state index in [9.17, 15) is 0 Å². The topological polar surface area (TPSA) is 89.5 Å². The molecule has 3 heterocycles. The van der Waals surface area contributed by atoms with Crippen LogP contribution >= 0.6 is 0 Å². The van der Waals surface area contributed by atoms with Gasteiger partial charge in [-0.2, -0.15) is 0 Å². The third kappa shape index (κ3) is 3.48. The molecule has 0 saturated carbocycles. The van der Waals surface area contributed by atoms with Gasteiger partial charge in [0, 0.05) is 18.0 Å². The SMILES string of the molecule is CCOc1cc(-c2c3c(nc(C(C)C)c2-c2nnn[nH]2)CCCCC3)ccn1. The van der Waals surface area contributed by atoms with Gasteiger partial charge in [-0.15, -0.1) is 5.10 Å². The van der Waals surface area contributed by atoms with Crippen LogP contribution in [0.2, 0.25) is 0 Å². The van der Waals surface area contributed by atoms with Crippen molar-refractivity contribution in [3.8, 4) is 28.4 Å². The quantitative estimate of drug-likeness (QED) is 0.672. The largest absolute Gasteiger partial charge is 0.478 e. The van der Waals surface area contributed by atoms with Crippen molar-refractivity contribution in [1.82, 2.24) is 30.6 Å². The minimum absolute atomic E-state index is 0.251. The van der Waals surface area contributed by atoms with Crippen molar-refractivity contribution in [2.24, 2.45) is 0 Å². The minimum Gasteiger partial charge on any atom is -0.478 e. The summed E-state index contributed by atoms with van der Waals surface area (Å²) in [5.74, 6) is 1.54. The molecule has 7 nitrogen and oxygen atoms in total. The highest BCUT2D eigenvalue weighted by Crippen LogP contribution is 2.41. The molecule has 0 aliphatic heterocycles. The van der Waals surface area contributed by atoms with E-state index >= 15 is 0 Å². The Kier molecular flexibility index (Phi) is 5.32. The van der Waals surface area contributed by atoms with Crippen molar-refractivity contribution < 1.29 is 4.74 Å². The van der Waals surface area contributed by atoms with Crippen LogP contribution in [0, 0.1) is 0 Å². The van der Waals surface area contributed by atoms with Gasteiger partial charge in [-0.1, -0.05) is 20.3 Å². The molecule has 146 valence electrons. The molecule has 1 N–H and O–H groups in total. The summed E-state index contributed by atoms with van der Waals surface area (Å²) in [6.45, 7) is 6.89. The number of pyridine rings is 2. The molecule has 0 aromatic carbocycles. The molecule has 0 amide bonds. The third-order valence-corrected chi connectivity index (χ3v) is 5.20. The van der Waals surface area contributed by atoms with Crippen LogP contribution in [0.1, 0.15) is 62.9 Å². The molecule has 0 radical (unpaired) electrons. The van der Waals surface area contributed by atoms with Gasteiger partial charge in [-0.05, 0) is 71.7 Å². The molecule has 3 aromatic rings. The maximum atomic E-state index is 5.67. The van der Waals surface area contributed by atoms with E-state index in [-0.39, 0.29) is 5.92 Å². The number of nitrogens with one attached hydrogen (secondary N) is 1. The second-order valence-electron chi connectivity index (χ2n) is 7.45. The highest BCUT2D eigenvalue weighted by atomic mass is 16.5. The lowest BCUT2D eigenvalue weighted by Crippen LogP contribution is -2.09. The van der Waals surface area contributed by atoms with E-state index < -0.39 is 0 Å². The summed E-state index contributed by atoms with van der Waals surface area (Å²) in [5.41, 5.74) is 6.78. The fraction of sp³-hybridized carbons (Fsp3) is 0.476. The lowest BCUT2D eigenvalue weighted by atomic mass is 9.87. The van der Waals surface area contributed by atoms with Gasteiger partial charge in [-0.3, -0.25) is 4.98 Å². The molecule has 0 bridgehead atoms. The maximum absolute atomic E-state index is 5.67. The van der Waals surface area contributed by atoms with Gasteiger partial charge in [0.2, 0.25) is 5.88 Å². The fourth-order valence-corrected chi connectivity index (χ4v) is 3.97. The predicted octanol–water partition coefficient (Wildman–Crippen LogP) is 4.11. The van der Waals surface area contributed by atoms with Gasteiger partial charge in [0.1, 0.15) is 0 Å². The first-order valence-corrected chi connectivity index (χ1v) is 10.1. The van der Waals surface area contributed by atoms with Crippen molar-refractivity contribution in [2.75, 3.05) is 6.61 Å². The Balaban J connectivity index is 2.04. The number of aromatic amines is 1. The molecule has 0 spiro atoms. The van der Waals surface area contributed by atoms with Gasteiger partial charge < -0.3 is 4.74 Å². The molecular formula is C21H26N6O. The molecular weight excluding hydrogens is 352 g/mol.